The van der Waals surface area contributed by atoms with Gasteiger partial charge in [0.05, 0.1) is 17.6 Å². The van der Waals surface area contributed by atoms with Crippen LogP contribution in [-0.2, 0) is 0 Å². The molecular formula is C13H22N4O. The molecule has 0 spiro atoms. The summed E-state index contributed by atoms with van der Waals surface area (Å²) in [5.74, 6) is 0. The van der Waals surface area contributed by atoms with Crippen molar-refractivity contribution in [3.63, 3.8) is 0 Å². The third-order valence-electron chi connectivity index (χ3n) is 3.71. The fourth-order valence-corrected chi connectivity index (χ4v) is 1.99. The Morgan fingerprint density at radius 2 is 2.33 bits per heavy atom. The smallest absolute Gasteiger partial charge is 0.321 e. The maximum Gasteiger partial charge on any atom is 0.321 e. The standard InChI is InChI=1S/C13H22N4O/c1-5-9(2)17-10(3)12(8-14-17)15-13(18)16(4)11-6-7-11/h8-9,11H,5-7H2,1-4H3,(H,15,18). The highest BCUT2D eigenvalue weighted by atomic mass is 16.2. The van der Waals surface area contributed by atoms with Crippen molar-refractivity contribution in [2.45, 2.75) is 52.1 Å². The summed E-state index contributed by atoms with van der Waals surface area (Å²) in [5, 5.41) is 7.28. The molecule has 0 bridgehead atoms. The second-order valence-corrected chi connectivity index (χ2v) is 5.12. The Balaban J connectivity index is 2.05. The van der Waals surface area contributed by atoms with E-state index in [-0.39, 0.29) is 6.03 Å². The average Bonchev–Trinajstić information content (AvgIpc) is 3.14. The van der Waals surface area contributed by atoms with E-state index in [9.17, 15) is 4.79 Å². The van der Waals surface area contributed by atoms with Gasteiger partial charge in [-0.25, -0.2) is 4.79 Å². The van der Waals surface area contributed by atoms with Crippen LogP contribution in [0.5, 0.6) is 0 Å². The van der Waals surface area contributed by atoms with E-state index >= 15 is 0 Å². The molecule has 1 saturated carbocycles. The van der Waals surface area contributed by atoms with Crippen molar-refractivity contribution in [1.82, 2.24) is 14.7 Å². The van der Waals surface area contributed by atoms with Crippen molar-refractivity contribution in [2.24, 2.45) is 0 Å². The van der Waals surface area contributed by atoms with Gasteiger partial charge in [-0.1, -0.05) is 6.92 Å². The minimum Gasteiger partial charge on any atom is -0.325 e. The molecule has 2 rings (SSSR count). The van der Waals surface area contributed by atoms with Gasteiger partial charge in [0.25, 0.3) is 0 Å². The largest absolute Gasteiger partial charge is 0.325 e. The van der Waals surface area contributed by atoms with Crippen LogP contribution in [0, 0.1) is 6.92 Å². The number of carbonyl (C=O) groups excluding carboxylic acids is 1. The number of anilines is 1. The molecule has 2 amide bonds. The first-order valence-electron chi connectivity index (χ1n) is 6.62. The molecule has 1 fully saturated rings. The van der Waals surface area contributed by atoms with E-state index in [1.165, 1.54) is 0 Å². The highest BCUT2D eigenvalue weighted by molar-refractivity contribution is 5.90. The number of nitrogens with zero attached hydrogens (tertiary/aromatic N) is 3. The molecule has 1 aliphatic rings. The topological polar surface area (TPSA) is 50.2 Å². The molecule has 0 aliphatic heterocycles. The van der Waals surface area contributed by atoms with Gasteiger partial charge in [0.2, 0.25) is 0 Å². The fourth-order valence-electron chi connectivity index (χ4n) is 1.99. The number of urea groups is 1. The normalized spacial score (nSPS) is 16.4. The van der Waals surface area contributed by atoms with E-state index < -0.39 is 0 Å². The van der Waals surface area contributed by atoms with E-state index in [0.29, 0.717) is 12.1 Å². The van der Waals surface area contributed by atoms with Crippen molar-refractivity contribution in [3.8, 4) is 0 Å². The summed E-state index contributed by atoms with van der Waals surface area (Å²) in [6.45, 7) is 6.25. The summed E-state index contributed by atoms with van der Waals surface area (Å²) in [6.07, 6.45) is 5.00. The van der Waals surface area contributed by atoms with Gasteiger partial charge in [-0.2, -0.15) is 5.10 Å². The minimum absolute atomic E-state index is 0.0377. The SMILES string of the molecule is CCC(C)n1ncc(NC(=O)N(C)C2CC2)c1C. The van der Waals surface area contributed by atoms with Gasteiger partial charge >= 0.3 is 6.03 Å². The van der Waals surface area contributed by atoms with Gasteiger partial charge in [0.15, 0.2) is 0 Å². The van der Waals surface area contributed by atoms with E-state index in [1.54, 1.807) is 11.1 Å². The van der Waals surface area contributed by atoms with Crippen LogP contribution in [0.2, 0.25) is 0 Å². The molecule has 1 N–H and O–H groups in total. The first kappa shape index (κ1) is 12.9. The molecule has 1 atom stereocenters. The zero-order valence-electron chi connectivity index (χ0n) is 11.6. The first-order valence-corrected chi connectivity index (χ1v) is 6.62. The Kier molecular flexibility index (Phi) is 3.59. The number of rotatable bonds is 4. The quantitative estimate of drug-likeness (QED) is 0.893. The van der Waals surface area contributed by atoms with Gasteiger partial charge in [0, 0.05) is 19.1 Å². The number of nitrogens with one attached hydrogen (secondary N) is 1. The minimum atomic E-state index is -0.0377. The molecule has 100 valence electrons. The molecule has 1 aromatic rings. The average molecular weight is 250 g/mol. The van der Waals surface area contributed by atoms with Crippen molar-refractivity contribution in [2.75, 3.05) is 12.4 Å². The van der Waals surface area contributed by atoms with Crippen molar-refractivity contribution < 1.29 is 4.79 Å². The Bertz CT molecular complexity index is 436. The predicted octanol–water partition coefficient (Wildman–Crippen LogP) is 2.79. The second kappa shape index (κ2) is 5.00. The molecule has 0 saturated heterocycles. The molecule has 0 aromatic carbocycles. The molecular weight excluding hydrogens is 228 g/mol. The van der Waals surface area contributed by atoms with Gasteiger partial charge in [-0.15, -0.1) is 0 Å². The van der Waals surface area contributed by atoms with E-state index in [0.717, 1.165) is 30.6 Å². The maximum atomic E-state index is 12.0. The van der Waals surface area contributed by atoms with Gasteiger partial charge in [0.1, 0.15) is 0 Å². The first-order chi connectivity index (χ1) is 8.54. The Morgan fingerprint density at radius 1 is 1.67 bits per heavy atom. The summed E-state index contributed by atoms with van der Waals surface area (Å²) in [4.78, 5) is 13.8. The molecule has 1 aliphatic carbocycles. The Labute approximate surface area is 108 Å². The molecule has 5 nitrogen and oxygen atoms in total. The van der Waals surface area contributed by atoms with E-state index in [2.05, 4.69) is 24.3 Å². The van der Waals surface area contributed by atoms with Crippen molar-refractivity contribution in [3.05, 3.63) is 11.9 Å². The highest BCUT2D eigenvalue weighted by Gasteiger charge is 2.29. The summed E-state index contributed by atoms with van der Waals surface area (Å²) in [6, 6.07) is 0.746. The molecule has 5 heteroatoms. The van der Waals surface area contributed by atoms with Gasteiger partial charge in [-0.05, 0) is 33.1 Å². The van der Waals surface area contributed by atoms with Crippen molar-refractivity contribution in [1.29, 1.82) is 0 Å². The summed E-state index contributed by atoms with van der Waals surface area (Å²) >= 11 is 0. The highest BCUT2D eigenvalue weighted by Crippen LogP contribution is 2.26. The number of amides is 2. The maximum absolute atomic E-state index is 12.0. The zero-order chi connectivity index (χ0) is 13.3. The summed E-state index contributed by atoms with van der Waals surface area (Å²) < 4.78 is 1.97. The lowest BCUT2D eigenvalue weighted by molar-refractivity contribution is 0.220. The lowest BCUT2D eigenvalue weighted by atomic mass is 10.2. The Morgan fingerprint density at radius 3 is 2.89 bits per heavy atom. The molecule has 1 unspecified atom stereocenters. The third kappa shape index (κ3) is 2.49. The lowest BCUT2D eigenvalue weighted by Crippen LogP contribution is -2.33. The third-order valence-corrected chi connectivity index (χ3v) is 3.71. The number of carbonyl (C=O) groups is 1. The van der Waals surface area contributed by atoms with E-state index in [1.807, 2.05) is 18.7 Å². The monoisotopic (exact) mass is 250 g/mol. The van der Waals surface area contributed by atoms with Crippen LogP contribution in [-0.4, -0.2) is 33.8 Å². The van der Waals surface area contributed by atoms with Crippen LogP contribution in [0.3, 0.4) is 0 Å². The van der Waals surface area contributed by atoms with Crippen LogP contribution in [0.25, 0.3) is 0 Å². The van der Waals surface area contributed by atoms with Crippen LogP contribution < -0.4 is 5.32 Å². The van der Waals surface area contributed by atoms with Gasteiger partial charge < -0.3 is 10.2 Å². The van der Waals surface area contributed by atoms with Gasteiger partial charge in [-0.3, -0.25) is 4.68 Å². The lowest BCUT2D eigenvalue weighted by Gasteiger charge is -2.17. The van der Waals surface area contributed by atoms with Crippen LogP contribution in [0.4, 0.5) is 10.5 Å². The zero-order valence-corrected chi connectivity index (χ0v) is 11.6. The summed E-state index contributed by atoms with van der Waals surface area (Å²) in [7, 11) is 1.85. The Hall–Kier alpha value is -1.52. The molecule has 18 heavy (non-hydrogen) atoms. The summed E-state index contributed by atoms with van der Waals surface area (Å²) in [5.41, 5.74) is 1.83. The molecule has 1 aromatic heterocycles. The number of aromatic nitrogens is 2. The number of hydrogen-bond acceptors (Lipinski definition) is 2. The van der Waals surface area contributed by atoms with Crippen LogP contribution in [0.1, 0.15) is 44.8 Å². The fraction of sp³-hybridized carbons (Fsp3) is 0.692. The van der Waals surface area contributed by atoms with E-state index in [4.69, 9.17) is 0 Å². The van der Waals surface area contributed by atoms with Crippen LogP contribution >= 0.6 is 0 Å². The number of hydrogen-bond donors (Lipinski definition) is 1. The molecule has 1 heterocycles. The molecule has 0 radical (unpaired) electrons. The van der Waals surface area contributed by atoms with Crippen LogP contribution in [0.15, 0.2) is 6.20 Å². The second-order valence-electron chi connectivity index (χ2n) is 5.12. The predicted molar refractivity (Wildman–Crippen MR) is 71.8 cm³/mol. The van der Waals surface area contributed by atoms with Crippen molar-refractivity contribution >= 4 is 11.7 Å².